The van der Waals surface area contributed by atoms with Crippen LogP contribution in [0.15, 0.2) is 36.7 Å². The van der Waals surface area contributed by atoms with Gasteiger partial charge in [0.05, 0.1) is 24.8 Å². The molecule has 1 aromatic carbocycles. The summed E-state index contributed by atoms with van der Waals surface area (Å²) >= 11 is 0. The average molecular weight is 321 g/mol. The Morgan fingerprint density at radius 1 is 1.23 bits per heavy atom. The van der Waals surface area contributed by atoms with Crippen molar-refractivity contribution in [2.24, 2.45) is 0 Å². The summed E-state index contributed by atoms with van der Waals surface area (Å²) < 4.78 is 30.0. The van der Waals surface area contributed by atoms with E-state index >= 15 is 0 Å². The van der Waals surface area contributed by atoms with Crippen molar-refractivity contribution < 1.29 is 13.2 Å². The fourth-order valence-electron chi connectivity index (χ4n) is 2.56. The van der Waals surface area contributed by atoms with Crippen molar-refractivity contribution in [2.45, 2.75) is 6.54 Å². The molecule has 0 spiro atoms. The van der Waals surface area contributed by atoms with Gasteiger partial charge in [-0.1, -0.05) is 12.1 Å². The zero-order valence-corrected chi connectivity index (χ0v) is 13.3. The molecule has 0 saturated carbocycles. The summed E-state index contributed by atoms with van der Waals surface area (Å²) in [6.45, 7) is 1.88. The van der Waals surface area contributed by atoms with E-state index in [1.165, 1.54) is 0 Å². The van der Waals surface area contributed by atoms with Crippen LogP contribution in [0.25, 0.3) is 5.69 Å². The number of rotatable bonds is 4. The van der Waals surface area contributed by atoms with Crippen molar-refractivity contribution in [1.82, 2.24) is 14.7 Å². The molecule has 118 valence electrons. The summed E-state index contributed by atoms with van der Waals surface area (Å²) in [5.41, 5.74) is 1.95. The topological polar surface area (TPSA) is 64.4 Å². The monoisotopic (exact) mass is 321 g/mol. The van der Waals surface area contributed by atoms with Crippen molar-refractivity contribution in [3.63, 3.8) is 0 Å². The highest BCUT2D eigenvalue weighted by atomic mass is 32.2. The van der Waals surface area contributed by atoms with Crippen LogP contribution in [0.1, 0.15) is 5.56 Å². The van der Waals surface area contributed by atoms with Gasteiger partial charge in [0.15, 0.2) is 9.84 Å². The lowest BCUT2D eigenvalue weighted by molar-refractivity contribution is 0.287. The van der Waals surface area contributed by atoms with Gasteiger partial charge in [0.1, 0.15) is 11.4 Å². The van der Waals surface area contributed by atoms with Crippen LogP contribution in [-0.2, 0) is 16.4 Å². The molecule has 1 aliphatic heterocycles. The van der Waals surface area contributed by atoms with Gasteiger partial charge in [0, 0.05) is 31.4 Å². The van der Waals surface area contributed by atoms with E-state index in [2.05, 4.69) is 10.00 Å². The summed E-state index contributed by atoms with van der Waals surface area (Å²) in [6.07, 6.45) is 3.77. The molecule has 1 saturated heterocycles. The first-order valence-electron chi connectivity index (χ1n) is 7.17. The highest BCUT2D eigenvalue weighted by Crippen LogP contribution is 2.22. The number of sulfone groups is 1. The summed E-state index contributed by atoms with van der Waals surface area (Å²) in [7, 11) is -1.20. The van der Waals surface area contributed by atoms with Crippen LogP contribution in [-0.4, -0.2) is 54.8 Å². The molecule has 0 bridgehead atoms. The number of hydrogen-bond acceptors (Lipinski definition) is 5. The van der Waals surface area contributed by atoms with E-state index < -0.39 is 9.84 Å². The van der Waals surface area contributed by atoms with Gasteiger partial charge in [-0.25, -0.2) is 13.1 Å². The lowest BCUT2D eigenvalue weighted by atomic mass is 10.3. The van der Waals surface area contributed by atoms with Crippen LogP contribution in [0.3, 0.4) is 0 Å². The van der Waals surface area contributed by atoms with Crippen LogP contribution < -0.4 is 4.74 Å². The van der Waals surface area contributed by atoms with Crippen molar-refractivity contribution in [1.29, 1.82) is 0 Å². The Hall–Kier alpha value is -1.86. The summed E-state index contributed by atoms with van der Waals surface area (Å²) in [4.78, 5) is 2.14. The molecule has 2 aromatic rings. The van der Waals surface area contributed by atoms with Gasteiger partial charge in [-0.2, -0.15) is 5.10 Å². The van der Waals surface area contributed by atoms with Crippen LogP contribution in [0, 0.1) is 0 Å². The van der Waals surface area contributed by atoms with Crippen molar-refractivity contribution in [2.75, 3.05) is 31.7 Å². The number of ether oxygens (including phenoxy) is 1. The predicted octanol–water partition coefficient (Wildman–Crippen LogP) is 1.11. The van der Waals surface area contributed by atoms with Crippen LogP contribution >= 0.6 is 0 Å². The Kier molecular flexibility index (Phi) is 4.17. The molecular formula is C15H19N3O3S. The maximum absolute atomic E-state index is 11.5. The van der Waals surface area contributed by atoms with E-state index in [0.717, 1.165) is 17.0 Å². The van der Waals surface area contributed by atoms with E-state index in [4.69, 9.17) is 4.74 Å². The lowest BCUT2D eigenvalue weighted by Crippen LogP contribution is -2.39. The molecule has 0 N–H and O–H groups in total. The predicted molar refractivity (Wildman–Crippen MR) is 84.0 cm³/mol. The average Bonchev–Trinajstić information content (AvgIpc) is 2.98. The summed E-state index contributed by atoms with van der Waals surface area (Å²) in [5, 5.41) is 4.38. The number of benzene rings is 1. The SMILES string of the molecule is COc1ccccc1-n1cc(CN2CCS(=O)(=O)CC2)cn1. The Morgan fingerprint density at radius 3 is 2.68 bits per heavy atom. The number of para-hydroxylation sites is 2. The Bertz CT molecular complexity index is 741. The molecular weight excluding hydrogens is 302 g/mol. The zero-order valence-electron chi connectivity index (χ0n) is 12.5. The highest BCUT2D eigenvalue weighted by Gasteiger charge is 2.21. The first-order valence-corrected chi connectivity index (χ1v) is 8.99. The van der Waals surface area contributed by atoms with E-state index in [-0.39, 0.29) is 11.5 Å². The lowest BCUT2D eigenvalue weighted by Gasteiger charge is -2.25. The molecule has 0 amide bonds. The molecule has 0 atom stereocenters. The molecule has 6 nitrogen and oxygen atoms in total. The van der Waals surface area contributed by atoms with E-state index in [1.807, 2.05) is 36.7 Å². The smallest absolute Gasteiger partial charge is 0.152 e. The van der Waals surface area contributed by atoms with Crippen molar-refractivity contribution in [3.05, 3.63) is 42.2 Å². The van der Waals surface area contributed by atoms with Crippen LogP contribution in [0.4, 0.5) is 0 Å². The standard InChI is InChI=1S/C15H19N3O3S/c1-21-15-5-3-2-4-14(15)18-12-13(10-16-18)11-17-6-8-22(19,20)9-7-17/h2-5,10,12H,6-9,11H2,1H3. The van der Waals surface area contributed by atoms with Gasteiger partial charge >= 0.3 is 0 Å². The minimum absolute atomic E-state index is 0.244. The molecule has 7 heteroatoms. The van der Waals surface area contributed by atoms with Crippen molar-refractivity contribution in [3.8, 4) is 11.4 Å². The van der Waals surface area contributed by atoms with Gasteiger partial charge in [-0.3, -0.25) is 4.90 Å². The quantitative estimate of drug-likeness (QED) is 0.844. The molecule has 1 aliphatic rings. The number of nitrogens with zero attached hydrogens (tertiary/aromatic N) is 3. The van der Waals surface area contributed by atoms with Gasteiger partial charge in [0.25, 0.3) is 0 Å². The van der Waals surface area contributed by atoms with E-state index in [0.29, 0.717) is 19.6 Å². The Balaban J connectivity index is 1.72. The minimum Gasteiger partial charge on any atom is -0.494 e. The maximum Gasteiger partial charge on any atom is 0.152 e. The molecule has 3 rings (SSSR count). The molecule has 2 heterocycles. The van der Waals surface area contributed by atoms with E-state index in [1.54, 1.807) is 11.8 Å². The number of aromatic nitrogens is 2. The highest BCUT2D eigenvalue weighted by molar-refractivity contribution is 7.91. The molecule has 1 fully saturated rings. The largest absolute Gasteiger partial charge is 0.494 e. The first kappa shape index (κ1) is 15.1. The van der Waals surface area contributed by atoms with Crippen LogP contribution in [0.2, 0.25) is 0 Å². The molecule has 1 aromatic heterocycles. The van der Waals surface area contributed by atoms with Gasteiger partial charge in [-0.15, -0.1) is 0 Å². The summed E-state index contributed by atoms with van der Waals surface area (Å²) in [5.74, 6) is 1.25. The number of hydrogen-bond donors (Lipinski definition) is 0. The van der Waals surface area contributed by atoms with Crippen molar-refractivity contribution >= 4 is 9.84 Å². The van der Waals surface area contributed by atoms with Gasteiger partial charge < -0.3 is 4.74 Å². The third-order valence-electron chi connectivity index (χ3n) is 3.81. The maximum atomic E-state index is 11.5. The second-order valence-electron chi connectivity index (χ2n) is 5.39. The third-order valence-corrected chi connectivity index (χ3v) is 5.42. The fraction of sp³-hybridized carbons (Fsp3) is 0.400. The molecule has 0 unspecified atom stereocenters. The second kappa shape index (κ2) is 6.10. The normalized spacial score (nSPS) is 18.2. The molecule has 22 heavy (non-hydrogen) atoms. The molecule has 0 aliphatic carbocycles. The summed E-state index contributed by atoms with van der Waals surface area (Å²) in [6, 6.07) is 7.70. The zero-order chi connectivity index (χ0) is 15.6. The van der Waals surface area contributed by atoms with E-state index in [9.17, 15) is 8.42 Å². The van der Waals surface area contributed by atoms with Crippen LogP contribution in [0.5, 0.6) is 5.75 Å². The third kappa shape index (κ3) is 3.31. The van der Waals surface area contributed by atoms with Gasteiger partial charge in [0.2, 0.25) is 0 Å². The van der Waals surface area contributed by atoms with Gasteiger partial charge in [-0.05, 0) is 12.1 Å². The minimum atomic E-state index is -2.83. The number of methoxy groups -OCH3 is 1. The molecule has 0 radical (unpaired) electrons. The first-order chi connectivity index (χ1) is 10.6. The Labute approximate surface area is 130 Å². The Morgan fingerprint density at radius 2 is 1.95 bits per heavy atom. The second-order valence-corrected chi connectivity index (χ2v) is 7.70. The fourth-order valence-corrected chi connectivity index (χ4v) is 3.84.